The molecule has 1 heterocycles. The minimum atomic E-state index is -2.99. The second-order valence-electron chi connectivity index (χ2n) is 4.57. The molecular weight excluding hydrogens is 204 g/mol. The predicted molar refractivity (Wildman–Crippen MR) is 49.9 cm³/mol. The molecule has 1 unspecified atom stereocenters. The molecule has 2 rings (SSSR count). The maximum atomic E-state index is 13.0. The first-order chi connectivity index (χ1) is 6.98. The molecule has 3 nitrogen and oxygen atoms in total. The fraction of sp³-hybridized carbons (Fsp3) is 0.900. The zero-order chi connectivity index (χ0) is 11.1. The summed E-state index contributed by atoms with van der Waals surface area (Å²) in [5, 5.41) is 8.81. The van der Waals surface area contributed by atoms with E-state index >= 15 is 0 Å². The first kappa shape index (κ1) is 10.8. The van der Waals surface area contributed by atoms with Crippen molar-refractivity contribution in [2.75, 3.05) is 19.6 Å². The van der Waals surface area contributed by atoms with E-state index in [1.807, 2.05) is 0 Å². The summed E-state index contributed by atoms with van der Waals surface area (Å²) >= 11 is 0. The average Bonchev–Trinajstić information content (AvgIpc) is 2.57. The Kier molecular flexibility index (Phi) is 2.45. The van der Waals surface area contributed by atoms with Gasteiger partial charge < -0.3 is 10.0 Å². The van der Waals surface area contributed by atoms with Crippen molar-refractivity contribution < 1.29 is 18.7 Å². The van der Waals surface area contributed by atoms with Crippen molar-refractivity contribution in [2.45, 2.75) is 31.6 Å². The number of nitrogens with zero attached hydrogens (tertiary/aromatic N) is 1. The number of likely N-dealkylation sites (tertiary alicyclic amines) is 1. The molecule has 1 aliphatic carbocycles. The Hall–Kier alpha value is -0.710. The number of carboxylic acids is 1. The van der Waals surface area contributed by atoms with Gasteiger partial charge in [0.15, 0.2) is 0 Å². The summed E-state index contributed by atoms with van der Waals surface area (Å²) in [7, 11) is 0. The van der Waals surface area contributed by atoms with Crippen LogP contribution in [0.4, 0.5) is 8.78 Å². The van der Waals surface area contributed by atoms with Crippen LogP contribution in [0.5, 0.6) is 0 Å². The fourth-order valence-electron chi connectivity index (χ4n) is 2.30. The lowest BCUT2D eigenvalue weighted by Gasteiger charge is -2.17. The quantitative estimate of drug-likeness (QED) is 0.780. The second-order valence-corrected chi connectivity index (χ2v) is 4.57. The van der Waals surface area contributed by atoms with E-state index in [9.17, 15) is 13.6 Å². The standard InChI is InChI=1S/C10H15F2NO2/c11-10(12)7-9(10,8(14)15)3-6-13-4-1-2-5-13/h1-7H2,(H,14,15). The van der Waals surface area contributed by atoms with E-state index in [2.05, 4.69) is 4.90 Å². The summed E-state index contributed by atoms with van der Waals surface area (Å²) in [6, 6.07) is 0. The maximum absolute atomic E-state index is 13.0. The van der Waals surface area contributed by atoms with E-state index in [1.54, 1.807) is 0 Å². The van der Waals surface area contributed by atoms with Crippen LogP contribution in [0.3, 0.4) is 0 Å². The Morgan fingerprint density at radius 2 is 1.87 bits per heavy atom. The van der Waals surface area contributed by atoms with Crippen molar-refractivity contribution in [1.82, 2.24) is 4.90 Å². The highest BCUT2D eigenvalue weighted by atomic mass is 19.3. The third kappa shape index (κ3) is 1.73. The van der Waals surface area contributed by atoms with Crippen LogP contribution in [0, 0.1) is 5.41 Å². The number of rotatable bonds is 4. The van der Waals surface area contributed by atoms with Gasteiger partial charge in [-0.25, -0.2) is 8.78 Å². The number of hydrogen-bond acceptors (Lipinski definition) is 2. The van der Waals surface area contributed by atoms with Crippen molar-refractivity contribution in [3.63, 3.8) is 0 Å². The predicted octanol–water partition coefficient (Wildman–Crippen LogP) is 1.58. The van der Waals surface area contributed by atoms with Crippen LogP contribution in [0.1, 0.15) is 25.7 Å². The molecule has 0 amide bonds. The molecule has 1 saturated carbocycles. The van der Waals surface area contributed by atoms with Crippen molar-refractivity contribution in [3.05, 3.63) is 0 Å². The summed E-state index contributed by atoms with van der Waals surface area (Å²) in [6.45, 7) is 2.32. The fourth-order valence-corrected chi connectivity index (χ4v) is 2.30. The van der Waals surface area contributed by atoms with Crippen LogP contribution in [-0.2, 0) is 4.79 Å². The van der Waals surface area contributed by atoms with Gasteiger partial charge in [-0.05, 0) is 38.9 Å². The normalized spacial score (nSPS) is 34.3. The molecule has 0 aromatic rings. The Morgan fingerprint density at radius 3 is 2.27 bits per heavy atom. The molecule has 86 valence electrons. The summed E-state index contributed by atoms with van der Waals surface area (Å²) in [5.41, 5.74) is -1.75. The van der Waals surface area contributed by atoms with Gasteiger partial charge >= 0.3 is 5.97 Å². The lowest BCUT2D eigenvalue weighted by molar-refractivity contribution is -0.148. The van der Waals surface area contributed by atoms with E-state index in [-0.39, 0.29) is 6.42 Å². The van der Waals surface area contributed by atoms with Gasteiger partial charge in [0.2, 0.25) is 0 Å². The Balaban J connectivity index is 1.89. The van der Waals surface area contributed by atoms with Crippen LogP contribution in [0.2, 0.25) is 0 Å². The number of alkyl halides is 2. The summed E-state index contributed by atoms with van der Waals surface area (Å²) in [5.74, 6) is -4.33. The molecular formula is C10H15F2NO2. The van der Waals surface area contributed by atoms with E-state index < -0.39 is 23.7 Å². The number of carboxylic acid groups (broad SMARTS) is 1. The van der Waals surface area contributed by atoms with Gasteiger partial charge in [0.05, 0.1) is 0 Å². The molecule has 1 aliphatic heterocycles. The molecule has 1 atom stereocenters. The number of aliphatic carboxylic acids is 1. The highest BCUT2D eigenvalue weighted by Crippen LogP contribution is 2.62. The lowest BCUT2D eigenvalue weighted by Crippen LogP contribution is -2.29. The summed E-state index contributed by atoms with van der Waals surface area (Å²) in [4.78, 5) is 12.9. The van der Waals surface area contributed by atoms with Crippen LogP contribution >= 0.6 is 0 Å². The number of halogens is 2. The molecule has 2 fully saturated rings. The molecule has 1 saturated heterocycles. The third-order valence-corrected chi connectivity index (χ3v) is 3.56. The first-order valence-corrected chi connectivity index (χ1v) is 5.32. The second kappa shape index (κ2) is 3.40. The summed E-state index contributed by atoms with van der Waals surface area (Å²) < 4.78 is 26.0. The molecule has 0 aromatic heterocycles. The van der Waals surface area contributed by atoms with E-state index in [0.717, 1.165) is 25.9 Å². The molecule has 0 aromatic carbocycles. The van der Waals surface area contributed by atoms with Gasteiger partial charge in [0.25, 0.3) is 5.92 Å². The van der Waals surface area contributed by atoms with Gasteiger partial charge in [-0.3, -0.25) is 4.79 Å². The maximum Gasteiger partial charge on any atom is 0.316 e. The van der Waals surface area contributed by atoms with E-state index in [0.29, 0.717) is 6.54 Å². The molecule has 0 spiro atoms. The van der Waals surface area contributed by atoms with Gasteiger partial charge in [-0.2, -0.15) is 0 Å². The largest absolute Gasteiger partial charge is 0.481 e. The van der Waals surface area contributed by atoms with Crippen LogP contribution in [-0.4, -0.2) is 41.5 Å². The molecule has 1 N–H and O–H groups in total. The van der Waals surface area contributed by atoms with Crippen LogP contribution in [0.25, 0.3) is 0 Å². The van der Waals surface area contributed by atoms with E-state index in [1.165, 1.54) is 0 Å². The zero-order valence-electron chi connectivity index (χ0n) is 8.51. The highest BCUT2D eigenvalue weighted by molar-refractivity contribution is 5.80. The Morgan fingerprint density at radius 1 is 1.33 bits per heavy atom. The van der Waals surface area contributed by atoms with Gasteiger partial charge in [0, 0.05) is 6.42 Å². The minimum Gasteiger partial charge on any atom is -0.481 e. The Labute approximate surface area is 87.1 Å². The molecule has 15 heavy (non-hydrogen) atoms. The van der Waals surface area contributed by atoms with Gasteiger partial charge in [-0.15, -0.1) is 0 Å². The van der Waals surface area contributed by atoms with Crippen molar-refractivity contribution in [2.24, 2.45) is 5.41 Å². The Bertz CT molecular complexity index is 277. The van der Waals surface area contributed by atoms with Gasteiger partial charge in [-0.1, -0.05) is 0 Å². The number of carbonyl (C=O) groups is 1. The molecule has 0 bridgehead atoms. The SMILES string of the molecule is O=C(O)C1(CCN2CCCC2)CC1(F)F. The molecule has 0 radical (unpaired) electrons. The van der Waals surface area contributed by atoms with Gasteiger partial charge in [0.1, 0.15) is 5.41 Å². The third-order valence-electron chi connectivity index (χ3n) is 3.56. The van der Waals surface area contributed by atoms with Crippen molar-refractivity contribution in [3.8, 4) is 0 Å². The summed E-state index contributed by atoms with van der Waals surface area (Å²) in [6.07, 6.45) is 1.78. The highest BCUT2D eigenvalue weighted by Gasteiger charge is 2.75. The molecule has 5 heteroatoms. The topological polar surface area (TPSA) is 40.5 Å². The van der Waals surface area contributed by atoms with Crippen molar-refractivity contribution in [1.29, 1.82) is 0 Å². The van der Waals surface area contributed by atoms with Crippen molar-refractivity contribution >= 4 is 5.97 Å². The lowest BCUT2D eigenvalue weighted by atomic mass is 10.0. The smallest absolute Gasteiger partial charge is 0.316 e. The minimum absolute atomic E-state index is 0.0787. The van der Waals surface area contributed by atoms with E-state index in [4.69, 9.17) is 5.11 Å². The van der Waals surface area contributed by atoms with Crippen LogP contribution < -0.4 is 0 Å². The first-order valence-electron chi connectivity index (χ1n) is 5.32. The number of hydrogen-bond donors (Lipinski definition) is 1. The van der Waals surface area contributed by atoms with Crippen LogP contribution in [0.15, 0.2) is 0 Å². The molecule has 2 aliphatic rings. The average molecular weight is 219 g/mol. The zero-order valence-corrected chi connectivity index (χ0v) is 8.51. The monoisotopic (exact) mass is 219 g/mol.